The molecule has 0 spiro atoms. The molecule has 1 N–H and O–H groups in total. The van der Waals surface area contributed by atoms with Gasteiger partial charge in [-0.25, -0.2) is 0 Å². The minimum absolute atomic E-state index is 0.179. The van der Waals surface area contributed by atoms with Crippen molar-refractivity contribution in [3.63, 3.8) is 0 Å². The van der Waals surface area contributed by atoms with E-state index in [9.17, 15) is 0 Å². The molecule has 2 atom stereocenters. The van der Waals surface area contributed by atoms with Crippen LogP contribution in [0.5, 0.6) is 0 Å². The lowest BCUT2D eigenvalue weighted by Gasteiger charge is -2.47. The average Bonchev–Trinajstić information content (AvgIpc) is 2.39. The van der Waals surface area contributed by atoms with Gasteiger partial charge >= 0.3 is 0 Å². The van der Waals surface area contributed by atoms with E-state index in [1.54, 1.807) is 0 Å². The van der Waals surface area contributed by atoms with Crippen LogP contribution in [0.4, 0.5) is 0 Å². The lowest BCUT2D eigenvalue weighted by atomic mass is 9.91. The average molecular weight is 301 g/mol. The van der Waals surface area contributed by atoms with E-state index in [-0.39, 0.29) is 5.54 Å². The summed E-state index contributed by atoms with van der Waals surface area (Å²) < 4.78 is 0. The van der Waals surface area contributed by atoms with Gasteiger partial charge in [0.1, 0.15) is 0 Å². The fraction of sp³-hybridized carbons (Fsp3) is 0.600. The van der Waals surface area contributed by atoms with Gasteiger partial charge in [-0.05, 0) is 31.9 Å². The molecule has 2 nitrogen and oxygen atoms in total. The zero-order valence-electron chi connectivity index (χ0n) is 11.8. The fourth-order valence-corrected chi connectivity index (χ4v) is 2.98. The third kappa shape index (κ3) is 3.25. The summed E-state index contributed by atoms with van der Waals surface area (Å²) in [6.45, 7) is 9.68. The quantitative estimate of drug-likeness (QED) is 0.909. The molecule has 1 aromatic rings. The third-order valence-electron chi connectivity index (χ3n) is 4.24. The van der Waals surface area contributed by atoms with E-state index in [4.69, 9.17) is 23.2 Å². The largest absolute Gasteiger partial charge is 0.311 e. The van der Waals surface area contributed by atoms with Gasteiger partial charge in [0, 0.05) is 31.2 Å². The van der Waals surface area contributed by atoms with Crippen LogP contribution in [0.25, 0.3) is 0 Å². The summed E-state index contributed by atoms with van der Waals surface area (Å²) in [5, 5.41) is 4.89. The molecule has 0 bridgehead atoms. The molecule has 4 heteroatoms. The summed E-state index contributed by atoms with van der Waals surface area (Å²) in [6, 6.07) is 6.39. The molecule has 1 heterocycles. The summed E-state index contributed by atoms with van der Waals surface area (Å²) >= 11 is 12.4. The Morgan fingerprint density at radius 3 is 2.84 bits per heavy atom. The molecule has 0 aromatic heterocycles. The molecule has 0 amide bonds. The molecule has 1 aliphatic rings. The molecule has 19 heavy (non-hydrogen) atoms. The van der Waals surface area contributed by atoms with Gasteiger partial charge < -0.3 is 5.32 Å². The highest BCUT2D eigenvalue weighted by Gasteiger charge is 2.35. The van der Waals surface area contributed by atoms with Crippen LogP contribution < -0.4 is 5.32 Å². The summed E-state index contributed by atoms with van der Waals surface area (Å²) in [7, 11) is 0. The number of hydrogen-bond acceptors (Lipinski definition) is 2. The first-order chi connectivity index (χ1) is 8.96. The molecule has 1 fully saturated rings. The highest BCUT2D eigenvalue weighted by molar-refractivity contribution is 6.42. The molecular weight excluding hydrogens is 279 g/mol. The van der Waals surface area contributed by atoms with Gasteiger partial charge in [0.05, 0.1) is 10.0 Å². The van der Waals surface area contributed by atoms with Crippen molar-refractivity contribution >= 4 is 23.2 Å². The first-order valence-electron chi connectivity index (χ1n) is 6.87. The summed E-state index contributed by atoms with van der Waals surface area (Å²) in [5.41, 5.74) is 1.29. The molecule has 2 unspecified atom stereocenters. The van der Waals surface area contributed by atoms with Crippen molar-refractivity contribution in [1.29, 1.82) is 0 Å². The SMILES string of the molecule is CCC1(C)CNC(C)CN1Cc1cccc(Cl)c1Cl. The number of nitrogens with zero attached hydrogens (tertiary/aromatic N) is 1. The number of rotatable bonds is 3. The molecule has 2 rings (SSSR count). The minimum atomic E-state index is 0.179. The number of halogens is 2. The highest BCUT2D eigenvalue weighted by atomic mass is 35.5. The van der Waals surface area contributed by atoms with Crippen LogP contribution in [-0.4, -0.2) is 29.6 Å². The maximum atomic E-state index is 6.31. The Hall–Kier alpha value is -0.280. The van der Waals surface area contributed by atoms with Crippen molar-refractivity contribution in [1.82, 2.24) is 10.2 Å². The predicted octanol–water partition coefficient (Wildman–Crippen LogP) is 3.96. The van der Waals surface area contributed by atoms with Gasteiger partial charge in [-0.15, -0.1) is 0 Å². The molecule has 106 valence electrons. The zero-order chi connectivity index (χ0) is 14.0. The molecule has 0 saturated carbocycles. The first-order valence-corrected chi connectivity index (χ1v) is 7.63. The third-order valence-corrected chi connectivity index (χ3v) is 5.10. The lowest BCUT2D eigenvalue weighted by molar-refractivity contribution is 0.0453. The normalized spacial score (nSPS) is 28.6. The Bertz CT molecular complexity index is 450. The van der Waals surface area contributed by atoms with E-state index >= 15 is 0 Å². The number of hydrogen-bond donors (Lipinski definition) is 1. The highest BCUT2D eigenvalue weighted by Crippen LogP contribution is 2.30. The summed E-state index contributed by atoms with van der Waals surface area (Å²) in [4.78, 5) is 2.52. The second-order valence-corrected chi connectivity index (χ2v) is 6.51. The Balaban J connectivity index is 2.21. The van der Waals surface area contributed by atoms with E-state index in [0.29, 0.717) is 16.1 Å². The van der Waals surface area contributed by atoms with Crippen molar-refractivity contribution in [3.8, 4) is 0 Å². The van der Waals surface area contributed by atoms with Crippen molar-refractivity contribution < 1.29 is 0 Å². The van der Waals surface area contributed by atoms with Gasteiger partial charge in [0.15, 0.2) is 0 Å². The lowest BCUT2D eigenvalue weighted by Crippen LogP contribution is -2.61. The summed E-state index contributed by atoms with van der Waals surface area (Å²) in [6.07, 6.45) is 1.12. The Kier molecular flexibility index (Phi) is 4.78. The zero-order valence-corrected chi connectivity index (χ0v) is 13.4. The fourth-order valence-electron chi connectivity index (χ4n) is 2.60. The molecule has 1 aromatic carbocycles. The van der Waals surface area contributed by atoms with E-state index in [1.807, 2.05) is 12.1 Å². The minimum Gasteiger partial charge on any atom is -0.311 e. The molecule has 1 aliphatic heterocycles. The van der Waals surface area contributed by atoms with Crippen molar-refractivity contribution in [2.24, 2.45) is 0 Å². The predicted molar refractivity (Wildman–Crippen MR) is 83.0 cm³/mol. The van der Waals surface area contributed by atoms with Crippen LogP contribution in [0.3, 0.4) is 0 Å². The van der Waals surface area contributed by atoms with E-state index in [1.165, 1.54) is 0 Å². The standard InChI is InChI=1S/C15H22Cl2N2/c1-4-15(3)10-18-11(2)8-19(15)9-12-6-5-7-13(16)14(12)17/h5-7,11,18H,4,8-10H2,1-3H3. The van der Waals surface area contributed by atoms with Gasteiger partial charge in [0.25, 0.3) is 0 Å². The van der Waals surface area contributed by atoms with Crippen molar-refractivity contribution in [2.75, 3.05) is 13.1 Å². The first kappa shape index (κ1) is 15.1. The van der Waals surface area contributed by atoms with Crippen LogP contribution >= 0.6 is 23.2 Å². The Labute approximate surface area is 126 Å². The van der Waals surface area contributed by atoms with Crippen LogP contribution in [0.1, 0.15) is 32.8 Å². The molecule has 1 saturated heterocycles. The van der Waals surface area contributed by atoms with Crippen molar-refractivity contribution in [2.45, 2.75) is 45.3 Å². The number of nitrogens with one attached hydrogen (secondary N) is 1. The molecule has 0 aliphatic carbocycles. The molecular formula is C15H22Cl2N2. The maximum Gasteiger partial charge on any atom is 0.0637 e. The smallest absolute Gasteiger partial charge is 0.0637 e. The van der Waals surface area contributed by atoms with E-state index in [2.05, 4.69) is 37.1 Å². The van der Waals surface area contributed by atoms with Crippen molar-refractivity contribution in [3.05, 3.63) is 33.8 Å². The van der Waals surface area contributed by atoms with Gasteiger partial charge in [-0.1, -0.05) is 42.3 Å². The number of benzene rings is 1. The molecule has 0 radical (unpaired) electrons. The van der Waals surface area contributed by atoms with Gasteiger partial charge in [-0.2, -0.15) is 0 Å². The Morgan fingerprint density at radius 2 is 2.16 bits per heavy atom. The monoisotopic (exact) mass is 300 g/mol. The van der Waals surface area contributed by atoms with Crippen LogP contribution in [-0.2, 0) is 6.54 Å². The second kappa shape index (κ2) is 6.01. The van der Waals surface area contributed by atoms with Crippen LogP contribution in [0.2, 0.25) is 10.0 Å². The Morgan fingerprint density at radius 1 is 1.42 bits per heavy atom. The van der Waals surface area contributed by atoms with Gasteiger partial charge in [-0.3, -0.25) is 4.90 Å². The topological polar surface area (TPSA) is 15.3 Å². The van der Waals surface area contributed by atoms with E-state index < -0.39 is 0 Å². The second-order valence-electron chi connectivity index (χ2n) is 5.73. The summed E-state index contributed by atoms with van der Waals surface area (Å²) in [5.74, 6) is 0. The van der Waals surface area contributed by atoms with Gasteiger partial charge in [0.2, 0.25) is 0 Å². The van der Waals surface area contributed by atoms with Crippen LogP contribution in [0.15, 0.2) is 18.2 Å². The number of piperazine rings is 1. The van der Waals surface area contributed by atoms with E-state index in [0.717, 1.165) is 31.6 Å². The van der Waals surface area contributed by atoms with Crippen LogP contribution in [0, 0.1) is 0 Å². The maximum absolute atomic E-state index is 6.31.